The molecular weight excluding hydrogens is 456 g/mol. The van der Waals surface area contributed by atoms with Crippen LogP contribution < -0.4 is 10.2 Å². The van der Waals surface area contributed by atoms with Gasteiger partial charge in [0, 0.05) is 15.6 Å². The van der Waals surface area contributed by atoms with Crippen molar-refractivity contribution in [1.82, 2.24) is 9.97 Å². The molecule has 0 atom stereocenters. The van der Waals surface area contributed by atoms with Crippen LogP contribution in [0.1, 0.15) is 5.56 Å². The predicted molar refractivity (Wildman–Crippen MR) is 126 cm³/mol. The Balaban J connectivity index is 1.66. The first-order chi connectivity index (χ1) is 15.1. The van der Waals surface area contributed by atoms with E-state index in [0.29, 0.717) is 11.7 Å². The molecule has 0 radical (unpaired) electrons. The topological polar surface area (TPSA) is 79.6 Å². The third-order valence-electron chi connectivity index (χ3n) is 4.52. The molecule has 0 aliphatic heterocycles. The van der Waals surface area contributed by atoms with Crippen molar-refractivity contribution in [3.63, 3.8) is 0 Å². The average Bonchev–Trinajstić information content (AvgIpc) is 2.81. The van der Waals surface area contributed by atoms with E-state index in [1.807, 2.05) is 60.7 Å². The monoisotopic (exact) mass is 474 g/mol. The van der Waals surface area contributed by atoms with E-state index in [-0.39, 0.29) is 5.75 Å². The number of halogens is 1. The molecule has 0 saturated carbocycles. The van der Waals surface area contributed by atoms with Crippen LogP contribution >= 0.6 is 15.9 Å². The molecule has 4 rings (SSSR count). The van der Waals surface area contributed by atoms with E-state index in [2.05, 4.69) is 36.4 Å². The molecule has 0 unspecified atom stereocenters. The molecule has 2 N–H and O–H groups in total. The minimum Gasteiger partial charge on any atom is -0.504 e. The fourth-order valence-corrected chi connectivity index (χ4v) is 3.23. The summed E-state index contributed by atoms with van der Waals surface area (Å²) in [5, 5.41) is 14.0. The van der Waals surface area contributed by atoms with Crippen molar-refractivity contribution >= 4 is 28.1 Å². The standard InChI is InChI=1S/C24H19BrN4O2/c1-31-23-13-16(7-12-22(23)30)15-26-29-24-27-20(17-5-3-2-4-6-17)14-21(28-24)18-8-10-19(25)11-9-18/h2-15,30H,1H3,(H,27,28,29)/b26-15-. The third-order valence-corrected chi connectivity index (χ3v) is 5.05. The number of ether oxygens (including phenoxy) is 1. The Kier molecular flexibility index (Phi) is 6.24. The van der Waals surface area contributed by atoms with Crippen LogP contribution in [0.5, 0.6) is 11.5 Å². The predicted octanol–water partition coefficient (Wildman–Crippen LogP) is 5.73. The molecule has 4 aromatic rings. The molecule has 0 amide bonds. The maximum absolute atomic E-state index is 9.72. The molecule has 0 spiro atoms. The zero-order valence-electron chi connectivity index (χ0n) is 16.7. The van der Waals surface area contributed by atoms with Crippen LogP contribution in [0.15, 0.2) is 88.4 Å². The number of hydrazone groups is 1. The lowest BCUT2D eigenvalue weighted by Gasteiger charge is -2.08. The van der Waals surface area contributed by atoms with Crippen LogP contribution in [0.4, 0.5) is 5.95 Å². The number of nitrogens with one attached hydrogen (secondary N) is 1. The molecule has 1 aromatic heterocycles. The summed E-state index contributed by atoms with van der Waals surface area (Å²) in [4.78, 5) is 9.24. The highest BCUT2D eigenvalue weighted by Gasteiger charge is 2.09. The first-order valence-corrected chi connectivity index (χ1v) is 10.3. The SMILES string of the molecule is COc1cc(/C=N\Nc2nc(-c3ccccc3)cc(-c3ccc(Br)cc3)n2)ccc1O. The number of nitrogens with zero attached hydrogens (tertiary/aromatic N) is 3. The third kappa shape index (κ3) is 5.07. The molecule has 0 saturated heterocycles. The lowest BCUT2D eigenvalue weighted by molar-refractivity contribution is 0.373. The summed E-state index contributed by atoms with van der Waals surface area (Å²) in [7, 11) is 1.50. The second-order valence-electron chi connectivity index (χ2n) is 6.64. The average molecular weight is 475 g/mol. The number of phenolic OH excluding ortho intramolecular Hbond substituents is 1. The number of anilines is 1. The first-order valence-electron chi connectivity index (χ1n) is 9.49. The molecule has 0 fully saturated rings. The summed E-state index contributed by atoms with van der Waals surface area (Å²) in [5.74, 6) is 0.829. The van der Waals surface area contributed by atoms with E-state index in [4.69, 9.17) is 4.74 Å². The molecule has 7 heteroatoms. The van der Waals surface area contributed by atoms with Gasteiger partial charge in [-0.25, -0.2) is 15.4 Å². The van der Waals surface area contributed by atoms with Crippen molar-refractivity contribution in [2.45, 2.75) is 0 Å². The summed E-state index contributed by atoms with van der Waals surface area (Å²) in [5.41, 5.74) is 7.20. The Morgan fingerprint density at radius 2 is 1.58 bits per heavy atom. The Bertz CT molecular complexity index is 1210. The molecule has 6 nitrogen and oxygen atoms in total. The largest absolute Gasteiger partial charge is 0.504 e. The molecule has 31 heavy (non-hydrogen) atoms. The minimum atomic E-state index is 0.0747. The maximum atomic E-state index is 9.72. The summed E-state index contributed by atoms with van der Waals surface area (Å²) >= 11 is 3.47. The highest BCUT2D eigenvalue weighted by atomic mass is 79.9. The van der Waals surface area contributed by atoms with Crippen molar-refractivity contribution in [1.29, 1.82) is 0 Å². The molecule has 0 aliphatic carbocycles. The lowest BCUT2D eigenvalue weighted by Crippen LogP contribution is -2.00. The maximum Gasteiger partial charge on any atom is 0.244 e. The fourth-order valence-electron chi connectivity index (χ4n) is 2.96. The number of phenols is 1. The Labute approximate surface area is 188 Å². The fraction of sp³-hybridized carbons (Fsp3) is 0.0417. The smallest absolute Gasteiger partial charge is 0.244 e. The molecule has 0 bridgehead atoms. The normalized spacial score (nSPS) is 10.9. The second-order valence-corrected chi connectivity index (χ2v) is 7.55. The van der Waals surface area contributed by atoms with Crippen LogP contribution in [0, 0.1) is 0 Å². The van der Waals surface area contributed by atoms with Gasteiger partial charge in [0.2, 0.25) is 5.95 Å². The zero-order chi connectivity index (χ0) is 21.6. The second kappa shape index (κ2) is 9.40. The zero-order valence-corrected chi connectivity index (χ0v) is 18.2. The Hall–Kier alpha value is -3.71. The Morgan fingerprint density at radius 1 is 0.903 bits per heavy atom. The van der Waals surface area contributed by atoms with Gasteiger partial charge < -0.3 is 9.84 Å². The van der Waals surface area contributed by atoms with Gasteiger partial charge in [-0.05, 0) is 42.0 Å². The molecule has 0 aliphatic rings. The van der Waals surface area contributed by atoms with Crippen LogP contribution in [0.3, 0.4) is 0 Å². The van der Waals surface area contributed by atoms with Gasteiger partial charge in [-0.3, -0.25) is 0 Å². The van der Waals surface area contributed by atoms with E-state index in [0.717, 1.165) is 32.6 Å². The van der Waals surface area contributed by atoms with E-state index in [1.54, 1.807) is 24.4 Å². The number of rotatable bonds is 6. The van der Waals surface area contributed by atoms with Gasteiger partial charge in [-0.2, -0.15) is 5.10 Å². The van der Waals surface area contributed by atoms with Gasteiger partial charge in [-0.15, -0.1) is 0 Å². The quantitative estimate of drug-likeness (QED) is 0.275. The number of benzene rings is 3. The van der Waals surface area contributed by atoms with Crippen molar-refractivity contribution in [3.05, 3.63) is 88.9 Å². The molecular formula is C24H19BrN4O2. The number of aromatic hydroxyl groups is 1. The summed E-state index contributed by atoms with van der Waals surface area (Å²) in [6.07, 6.45) is 1.61. The first kappa shape index (κ1) is 20.6. The van der Waals surface area contributed by atoms with Gasteiger partial charge in [0.1, 0.15) is 0 Å². The van der Waals surface area contributed by atoms with E-state index in [1.165, 1.54) is 7.11 Å². The lowest BCUT2D eigenvalue weighted by atomic mass is 10.1. The number of methoxy groups -OCH3 is 1. The van der Waals surface area contributed by atoms with Gasteiger partial charge in [0.05, 0.1) is 24.7 Å². The van der Waals surface area contributed by atoms with Crippen molar-refractivity contribution in [2.24, 2.45) is 5.10 Å². The highest BCUT2D eigenvalue weighted by molar-refractivity contribution is 9.10. The van der Waals surface area contributed by atoms with Gasteiger partial charge in [0.15, 0.2) is 11.5 Å². The number of aromatic nitrogens is 2. The van der Waals surface area contributed by atoms with Gasteiger partial charge in [0.25, 0.3) is 0 Å². The number of hydrogen-bond donors (Lipinski definition) is 2. The van der Waals surface area contributed by atoms with Crippen LogP contribution in [0.25, 0.3) is 22.5 Å². The van der Waals surface area contributed by atoms with Crippen LogP contribution in [-0.2, 0) is 0 Å². The number of hydrogen-bond acceptors (Lipinski definition) is 6. The van der Waals surface area contributed by atoms with Gasteiger partial charge >= 0.3 is 0 Å². The molecule has 154 valence electrons. The van der Waals surface area contributed by atoms with E-state index >= 15 is 0 Å². The van der Waals surface area contributed by atoms with Crippen molar-refractivity contribution in [2.75, 3.05) is 12.5 Å². The summed E-state index contributed by atoms with van der Waals surface area (Å²) in [6, 6.07) is 24.8. The Morgan fingerprint density at radius 3 is 2.26 bits per heavy atom. The highest BCUT2D eigenvalue weighted by Crippen LogP contribution is 2.27. The van der Waals surface area contributed by atoms with Gasteiger partial charge in [-0.1, -0.05) is 58.4 Å². The molecule has 3 aromatic carbocycles. The summed E-state index contributed by atoms with van der Waals surface area (Å²) < 4.78 is 6.13. The molecule has 1 heterocycles. The minimum absolute atomic E-state index is 0.0747. The van der Waals surface area contributed by atoms with Crippen LogP contribution in [0.2, 0.25) is 0 Å². The van der Waals surface area contributed by atoms with Crippen molar-refractivity contribution in [3.8, 4) is 34.0 Å². The van der Waals surface area contributed by atoms with E-state index in [9.17, 15) is 5.11 Å². The van der Waals surface area contributed by atoms with Crippen molar-refractivity contribution < 1.29 is 9.84 Å². The van der Waals surface area contributed by atoms with E-state index < -0.39 is 0 Å². The summed E-state index contributed by atoms with van der Waals surface area (Å²) in [6.45, 7) is 0. The van der Waals surface area contributed by atoms with Crippen LogP contribution in [-0.4, -0.2) is 28.4 Å².